The number of aromatic nitrogens is 4. The van der Waals surface area contributed by atoms with E-state index in [1.165, 1.54) is 0 Å². The molecule has 0 spiro atoms. The minimum absolute atomic E-state index is 0.0632. The molecule has 0 radical (unpaired) electrons. The number of aromatic amines is 1. The number of H-pyrrole nitrogens is 1. The Bertz CT molecular complexity index is 438. The molecule has 0 atom stereocenters. The zero-order valence-electron chi connectivity index (χ0n) is 9.65. The van der Waals surface area contributed by atoms with Crippen molar-refractivity contribution in [2.24, 2.45) is 0 Å². The highest BCUT2D eigenvalue weighted by atomic mass is 15.5. The summed E-state index contributed by atoms with van der Waals surface area (Å²) in [6.45, 7) is 6.38. The first-order valence-corrected chi connectivity index (χ1v) is 5.17. The average molecular weight is 217 g/mol. The van der Waals surface area contributed by atoms with Crippen LogP contribution in [0.4, 0.5) is 5.69 Å². The predicted octanol–water partition coefficient (Wildman–Crippen LogP) is 2.08. The number of hydrogen-bond donors (Lipinski definition) is 2. The second-order valence-electron chi connectivity index (χ2n) is 4.69. The molecule has 84 valence electrons. The van der Waals surface area contributed by atoms with Gasteiger partial charge in [-0.2, -0.15) is 5.21 Å². The van der Waals surface area contributed by atoms with E-state index in [1.54, 1.807) is 0 Å². The molecule has 2 rings (SSSR count). The maximum atomic E-state index is 3.92. The third kappa shape index (κ3) is 2.56. The van der Waals surface area contributed by atoms with Gasteiger partial charge in [0.25, 0.3) is 0 Å². The zero-order valence-corrected chi connectivity index (χ0v) is 9.65. The van der Waals surface area contributed by atoms with Crippen molar-refractivity contribution in [3.05, 3.63) is 24.3 Å². The lowest BCUT2D eigenvalue weighted by atomic mass is 10.1. The molecule has 2 aromatic rings. The van der Waals surface area contributed by atoms with E-state index in [9.17, 15) is 0 Å². The molecule has 0 saturated heterocycles. The van der Waals surface area contributed by atoms with E-state index in [2.05, 4.69) is 46.7 Å². The molecule has 5 heteroatoms. The summed E-state index contributed by atoms with van der Waals surface area (Å²) in [5, 5.41) is 17.2. The van der Waals surface area contributed by atoms with Crippen molar-refractivity contribution in [1.82, 2.24) is 20.6 Å². The van der Waals surface area contributed by atoms with Gasteiger partial charge in [-0.15, -0.1) is 10.2 Å². The Labute approximate surface area is 94.3 Å². The second-order valence-corrected chi connectivity index (χ2v) is 4.69. The van der Waals surface area contributed by atoms with E-state index in [0.29, 0.717) is 5.82 Å². The average Bonchev–Trinajstić information content (AvgIpc) is 2.69. The molecule has 0 aliphatic carbocycles. The maximum Gasteiger partial charge on any atom is 0.204 e. The number of nitrogens with zero attached hydrogens (tertiary/aromatic N) is 3. The lowest BCUT2D eigenvalue weighted by molar-refractivity contribution is 0.634. The first-order valence-electron chi connectivity index (χ1n) is 5.17. The van der Waals surface area contributed by atoms with Crippen molar-refractivity contribution in [2.45, 2.75) is 26.3 Å². The van der Waals surface area contributed by atoms with Gasteiger partial charge in [-0.1, -0.05) is 0 Å². The molecular formula is C11H15N5. The molecule has 0 fully saturated rings. The standard InChI is InChI=1S/C11H15N5/c1-11(2,3)12-9-6-4-8(5-7-9)10-13-15-16-14-10/h4-7,12H,1-3H3,(H,13,14,15,16). The molecule has 0 amide bonds. The van der Waals surface area contributed by atoms with Crippen molar-refractivity contribution in [3.8, 4) is 11.4 Å². The Kier molecular flexibility index (Phi) is 2.60. The van der Waals surface area contributed by atoms with Gasteiger partial charge < -0.3 is 5.32 Å². The Morgan fingerprint density at radius 2 is 1.81 bits per heavy atom. The van der Waals surface area contributed by atoms with E-state index in [1.807, 2.05) is 24.3 Å². The van der Waals surface area contributed by atoms with Crippen LogP contribution in [-0.4, -0.2) is 26.2 Å². The third-order valence-corrected chi connectivity index (χ3v) is 2.01. The van der Waals surface area contributed by atoms with Gasteiger partial charge in [0.2, 0.25) is 5.82 Å². The first kappa shape index (κ1) is 10.6. The van der Waals surface area contributed by atoms with Gasteiger partial charge in [-0.25, -0.2) is 0 Å². The van der Waals surface area contributed by atoms with Crippen LogP contribution in [0, 0.1) is 0 Å². The monoisotopic (exact) mass is 217 g/mol. The number of benzene rings is 1. The lowest BCUT2D eigenvalue weighted by Gasteiger charge is -2.22. The van der Waals surface area contributed by atoms with Crippen LogP contribution in [0.3, 0.4) is 0 Å². The van der Waals surface area contributed by atoms with Crippen molar-refractivity contribution < 1.29 is 0 Å². The largest absolute Gasteiger partial charge is 0.380 e. The van der Waals surface area contributed by atoms with E-state index >= 15 is 0 Å². The van der Waals surface area contributed by atoms with E-state index in [-0.39, 0.29) is 5.54 Å². The third-order valence-electron chi connectivity index (χ3n) is 2.01. The quantitative estimate of drug-likeness (QED) is 0.808. The zero-order chi connectivity index (χ0) is 11.6. The number of hydrogen-bond acceptors (Lipinski definition) is 4. The fourth-order valence-corrected chi connectivity index (χ4v) is 1.42. The van der Waals surface area contributed by atoms with Crippen LogP contribution >= 0.6 is 0 Å². The molecule has 1 aromatic heterocycles. The molecule has 0 aliphatic heterocycles. The van der Waals surface area contributed by atoms with Crippen LogP contribution in [0.25, 0.3) is 11.4 Å². The van der Waals surface area contributed by atoms with Gasteiger partial charge >= 0.3 is 0 Å². The summed E-state index contributed by atoms with van der Waals surface area (Å²) in [6, 6.07) is 7.96. The summed E-state index contributed by atoms with van der Waals surface area (Å²) in [5.41, 5.74) is 2.10. The summed E-state index contributed by atoms with van der Waals surface area (Å²) in [4.78, 5) is 0. The Morgan fingerprint density at radius 1 is 1.12 bits per heavy atom. The fraction of sp³-hybridized carbons (Fsp3) is 0.364. The second kappa shape index (κ2) is 3.92. The van der Waals surface area contributed by atoms with Gasteiger partial charge in [0, 0.05) is 16.8 Å². The molecule has 0 unspecified atom stereocenters. The highest BCUT2D eigenvalue weighted by molar-refractivity contribution is 5.59. The molecule has 16 heavy (non-hydrogen) atoms. The molecule has 0 saturated carbocycles. The van der Waals surface area contributed by atoms with Gasteiger partial charge in [-0.05, 0) is 50.3 Å². The van der Waals surface area contributed by atoms with Gasteiger partial charge in [-0.3, -0.25) is 0 Å². The highest BCUT2D eigenvalue weighted by Gasteiger charge is 2.09. The van der Waals surface area contributed by atoms with Crippen LogP contribution in [0.15, 0.2) is 24.3 Å². The van der Waals surface area contributed by atoms with Crippen LogP contribution in [0.2, 0.25) is 0 Å². The lowest BCUT2D eigenvalue weighted by Crippen LogP contribution is -2.25. The molecule has 0 aliphatic rings. The van der Waals surface area contributed by atoms with Gasteiger partial charge in [0.15, 0.2) is 0 Å². The van der Waals surface area contributed by atoms with Crippen molar-refractivity contribution in [1.29, 1.82) is 0 Å². The van der Waals surface area contributed by atoms with Crippen molar-refractivity contribution >= 4 is 5.69 Å². The number of anilines is 1. The van der Waals surface area contributed by atoms with Crippen LogP contribution in [0.1, 0.15) is 20.8 Å². The first-order chi connectivity index (χ1) is 7.54. The number of tetrazole rings is 1. The van der Waals surface area contributed by atoms with E-state index < -0.39 is 0 Å². The van der Waals surface area contributed by atoms with Crippen molar-refractivity contribution in [2.75, 3.05) is 5.32 Å². The van der Waals surface area contributed by atoms with E-state index in [0.717, 1.165) is 11.3 Å². The molecule has 5 nitrogen and oxygen atoms in total. The van der Waals surface area contributed by atoms with Crippen LogP contribution in [-0.2, 0) is 0 Å². The molecule has 0 bridgehead atoms. The summed E-state index contributed by atoms with van der Waals surface area (Å²) in [6.07, 6.45) is 0. The minimum Gasteiger partial charge on any atom is -0.380 e. The molecular weight excluding hydrogens is 202 g/mol. The van der Waals surface area contributed by atoms with Gasteiger partial charge in [0.1, 0.15) is 0 Å². The smallest absolute Gasteiger partial charge is 0.204 e. The maximum absolute atomic E-state index is 3.92. The Morgan fingerprint density at radius 3 is 2.31 bits per heavy atom. The SMILES string of the molecule is CC(C)(C)Nc1ccc(-c2nn[nH]n2)cc1. The Balaban J connectivity index is 2.17. The Hall–Kier alpha value is -1.91. The van der Waals surface area contributed by atoms with Crippen LogP contribution < -0.4 is 5.32 Å². The summed E-state index contributed by atoms with van der Waals surface area (Å²) in [5.74, 6) is 0.613. The number of nitrogens with one attached hydrogen (secondary N) is 2. The minimum atomic E-state index is 0.0632. The normalized spacial score (nSPS) is 11.4. The number of rotatable bonds is 2. The summed E-state index contributed by atoms with van der Waals surface area (Å²) in [7, 11) is 0. The predicted molar refractivity (Wildman–Crippen MR) is 63.0 cm³/mol. The van der Waals surface area contributed by atoms with E-state index in [4.69, 9.17) is 0 Å². The van der Waals surface area contributed by atoms with Crippen molar-refractivity contribution in [3.63, 3.8) is 0 Å². The fourth-order valence-electron chi connectivity index (χ4n) is 1.42. The van der Waals surface area contributed by atoms with Crippen LogP contribution in [0.5, 0.6) is 0 Å². The highest BCUT2D eigenvalue weighted by Crippen LogP contribution is 2.19. The van der Waals surface area contributed by atoms with Gasteiger partial charge in [0.05, 0.1) is 0 Å². The summed E-state index contributed by atoms with van der Waals surface area (Å²) < 4.78 is 0. The molecule has 1 heterocycles. The molecule has 2 N–H and O–H groups in total. The molecule has 1 aromatic carbocycles. The summed E-state index contributed by atoms with van der Waals surface area (Å²) >= 11 is 0. The topological polar surface area (TPSA) is 66.5 Å².